The molecular weight excluding hydrogens is 825 g/mol. The summed E-state index contributed by atoms with van der Waals surface area (Å²) in [6, 6.07) is 7.98. The molecule has 0 fully saturated rings. The van der Waals surface area contributed by atoms with Gasteiger partial charge in [-0.15, -0.1) is 0 Å². The number of hydrogen-bond acceptors (Lipinski definition) is 16. The number of ether oxygens (including phenoxy) is 4. The Balaban J connectivity index is 0.000000313. The van der Waals surface area contributed by atoms with E-state index in [-0.39, 0.29) is 55.2 Å². The predicted octanol–water partition coefficient (Wildman–Crippen LogP) is 3.20. The van der Waals surface area contributed by atoms with E-state index in [1.807, 2.05) is 0 Å². The number of anilines is 2. The highest BCUT2D eigenvalue weighted by molar-refractivity contribution is 7.90. The van der Waals surface area contributed by atoms with Crippen molar-refractivity contribution in [1.82, 2.24) is 19.4 Å². The normalized spacial score (nSPS) is 15.1. The average Bonchev–Trinajstić information content (AvgIpc) is 3.48. The highest BCUT2D eigenvalue weighted by Crippen LogP contribution is 2.39. The van der Waals surface area contributed by atoms with Gasteiger partial charge < -0.3 is 24.1 Å². The van der Waals surface area contributed by atoms with Crippen LogP contribution in [0.1, 0.15) is 43.1 Å². The highest BCUT2D eigenvalue weighted by Gasteiger charge is 2.49. The van der Waals surface area contributed by atoms with E-state index in [0.717, 1.165) is 18.4 Å². The summed E-state index contributed by atoms with van der Waals surface area (Å²) in [5.74, 6) is -2.95. The molecule has 2 aromatic carbocycles. The average molecular weight is 863 g/mol. The van der Waals surface area contributed by atoms with E-state index in [2.05, 4.69) is 25.1 Å². The molecule has 0 radical (unpaired) electrons. The van der Waals surface area contributed by atoms with Crippen molar-refractivity contribution in [2.75, 3.05) is 44.0 Å². The zero-order chi connectivity index (χ0) is 42.0. The third kappa shape index (κ3) is 11.9. The van der Waals surface area contributed by atoms with E-state index in [9.17, 15) is 41.1 Å². The van der Waals surface area contributed by atoms with Crippen molar-refractivity contribution in [1.29, 1.82) is 0 Å². The first-order chi connectivity index (χ1) is 26.2. The van der Waals surface area contributed by atoms with Gasteiger partial charge in [-0.25, -0.2) is 50.5 Å². The Morgan fingerprint density at radius 2 is 1.55 bits per heavy atom. The van der Waals surface area contributed by atoms with Gasteiger partial charge >= 0.3 is 23.9 Å². The Labute approximate surface area is 331 Å². The largest absolute Gasteiger partial charge is 0.481 e. The van der Waals surface area contributed by atoms with Gasteiger partial charge in [0.05, 0.1) is 56.0 Å². The maximum absolute atomic E-state index is 12.7. The van der Waals surface area contributed by atoms with E-state index in [1.54, 1.807) is 43.7 Å². The van der Waals surface area contributed by atoms with Crippen molar-refractivity contribution >= 4 is 84.5 Å². The summed E-state index contributed by atoms with van der Waals surface area (Å²) in [5.41, 5.74) is -1.10. The first kappa shape index (κ1) is 45.1. The minimum Gasteiger partial charge on any atom is -0.481 e. The number of halogens is 2. The molecule has 1 aromatic heterocycles. The van der Waals surface area contributed by atoms with Crippen LogP contribution < -0.4 is 29.2 Å². The van der Waals surface area contributed by atoms with E-state index in [1.165, 1.54) is 31.4 Å². The zero-order valence-corrected chi connectivity index (χ0v) is 33.7. The topological polar surface area (TPSA) is 271 Å². The second kappa shape index (κ2) is 19.0. The van der Waals surface area contributed by atoms with Crippen molar-refractivity contribution in [3.8, 4) is 11.8 Å². The van der Waals surface area contributed by atoms with Crippen LogP contribution in [0.2, 0.25) is 10.0 Å². The van der Waals surface area contributed by atoms with Crippen LogP contribution in [0.4, 0.5) is 16.4 Å². The zero-order valence-electron chi connectivity index (χ0n) is 30.6. The van der Waals surface area contributed by atoms with Crippen LogP contribution in [0.25, 0.3) is 0 Å². The number of amides is 2. The number of hydrazone groups is 1. The molecule has 0 spiro atoms. The van der Waals surface area contributed by atoms with Crippen molar-refractivity contribution in [2.45, 2.75) is 44.2 Å². The van der Waals surface area contributed by atoms with Gasteiger partial charge in [-0.1, -0.05) is 29.3 Å². The molecule has 2 amide bonds. The number of urea groups is 1. The molecule has 3 aromatic rings. The first-order valence-electron chi connectivity index (χ1n) is 16.0. The summed E-state index contributed by atoms with van der Waals surface area (Å²) in [6.07, 6.45) is 0.960. The van der Waals surface area contributed by atoms with Crippen LogP contribution >= 0.6 is 23.2 Å². The molecule has 24 heteroatoms. The third-order valence-corrected chi connectivity index (χ3v) is 9.80. The molecule has 4 rings (SSSR count). The van der Waals surface area contributed by atoms with E-state index < -0.39 is 60.0 Å². The van der Waals surface area contributed by atoms with Crippen LogP contribution in [0.3, 0.4) is 0 Å². The molecule has 1 unspecified atom stereocenters. The van der Waals surface area contributed by atoms with Crippen molar-refractivity contribution in [2.24, 2.45) is 5.10 Å². The number of carboxylic acids is 1. The number of carbonyl (C=O) groups excluding carboxylic acids is 3. The number of carbonyl (C=O) groups is 4. The summed E-state index contributed by atoms with van der Waals surface area (Å²) >= 11 is 12.2. The standard InChI is InChI=1S/C16H18Cl2N2O4.C16H19N5O9S2/c1-4-23-14(21)12-9-16(3,15(22)24-5-2)20(19-12)13-7-6-10(17)8-11(13)18;1-29-12-7-13(30-2)19-15(18-12)20-16(24)21-32(27,28)11-6-9(8-17-31(3,25)26)4-5-10(11)14(22)23/h6-8H,4-5,9H2,1-3H3;4-7,17H,8H2,1-3H3,(H,22,23)(H2,18,19,20,21,24). The van der Waals surface area contributed by atoms with Crippen LogP contribution in [-0.4, -0.2) is 101 Å². The Morgan fingerprint density at radius 1 is 0.929 bits per heavy atom. The molecule has 0 aliphatic carbocycles. The smallest absolute Gasteiger partial charge is 0.354 e. The summed E-state index contributed by atoms with van der Waals surface area (Å²) in [5, 5.41) is 17.8. The number of aromatic carboxylic acids is 1. The Kier molecular flexibility index (Phi) is 15.3. The van der Waals surface area contributed by atoms with Crippen LogP contribution in [0.15, 0.2) is 52.5 Å². The fourth-order valence-electron chi connectivity index (χ4n) is 4.68. The lowest BCUT2D eigenvalue weighted by atomic mass is 9.95. The van der Waals surface area contributed by atoms with Gasteiger partial charge in [0.2, 0.25) is 27.7 Å². The minimum atomic E-state index is -4.70. The molecule has 1 atom stereocenters. The molecule has 2 heterocycles. The number of sulfonamides is 2. The van der Waals surface area contributed by atoms with Crippen molar-refractivity contribution < 1.29 is 60.1 Å². The van der Waals surface area contributed by atoms with Crippen LogP contribution in [0.5, 0.6) is 11.8 Å². The monoisotopic (exact) mass is 861 g/mol. The molecule has 0 saturated carbocycles. The van der Waals surface area contributed by atoms with E-state index >= 15 is 0 Å². The molecule has 0 bridgehead atoms. The number of esters is 2. The lowest BCUT2D eigenvalue weighted by Gasteiger charge is -2.32. The summed E-state index contributed by atoms with van der Waals surface area (Å²) in [4.78, 5) is 55.1. The Morgan fingerprint density at radius 3 is 2.09 bits per heavy atom. The second-order valence-corrected chi connectivity index (χ2v) is 15.7. The van der Waals surface area contributed by atoms with Gasteiger partial charge in [0.15, 0.2) is 5.54 Å². The number of carboxylic acid groups (broad SMARTS) is 1. The predicted molar refractivity (Wildman–Crippen MR) is 202 cm³/mol. The minimum absolute atomic E-state index is 0.0225. The lowest BCUT2D eigenvalue weighted by molar-refractivity contribution is -0.148. The van der Waals surface area contributed by atoms with Crippen molar-refractivity contribution in [3.05, 3.63) is 63.6 Å². The van der Waals surface area contributed by atoms with Gasteiger partial charge in [-0.05, 0) is 56.7 Å². The van der Waals surface area contributed by atoms with E-state index in [0.29, 0.717) is 15.7 Å². The molecule has 20 nitrogen and oxygen atoms in total. The number of nitrogens with zero attached hydrogens (tertiary/aromatic N) is 4. The Hall–Kier alpha value is -5.29. The summed E-state index contributed by atoms with van der Waals surface area (Å²) in [6.45, 7) is 5.19. The highest BCUT2D eigenvalue weighted by atomic mass is 35.5. The number of rotatable bonds is 14. The fraction of sp³-hybridized carbons (Fsp3) is 0.344. The van der Waals surface area contributed by atoms with Gasteiger partial charge in [0, 0.05) is 18.0 Å². The molecule has 304 valence electrons. The SMILES string of the molecule is CCOC(=O)C1=NN(c2ccc(Cl)cc2Cl)C(C)(C(=O)OCC)C1.COc1cc(OC)nc(NC(=O)NS(=O)(=O)c2cc(CNS(C)(=O)=O)ccc2C(=O)O)n1. The Bertz CT molecular complexity index is 2220. The van der Waals surface area contributed by atoms with Crippen molar-refractivity contribution in [3.63, 3.8) is 0 Å². The molecule has 0 saturated heterocycles. The van der Waals surface area contributed by atoms with Crippen LogP contribution in [-0.2, 0) is 45.7 Å². The number of methoxy groups -OCH3 is 2. The van der Waals surface area contributed by atoms with E-state index in [4.69, 9.17) is 42.1 Å². The molecular formula is C32H37Cl2N7O13S2. The molecule has 1 aliphatic heterocycles. The third-order valence-electron chi connectivity index (χ3n) is 7.22. The van der Waals surface area contributed by atoms with Gasteiger partial charge in [-0.3, -0.25) is 5.32 Å². The lowest BCUT2D eigenvalue weighted by Crippen LogP contribution is -2.48. The number of benzene rings is 2. The number of hydrogen-bond donors (Lipinski definition) is 4. The first-order valence-corrected chi connectivity index (χ1v) is 20.1. The molecule has 56 heavy (non-hydrogen) atoms. The maximum atomic E-state index is 12.7. The fourth-order valence-corrected chi connectivity index (χ4v) is 6.75. The van der Waals surface area contributed by atoms with Crippen LogP contribution in [0, 0.1) is 0 Å². The quantitative estimate of drug-likeness (QED) is 0.170. The summed E-state index contributed by atoms with van der Waals surface area (Å²) < 4.78 is 71.7. The summed E-state index contributed by atoms with van der Waals surface area (Å²) in [7, 11) is -5.69. The second-order valence-electron chi connectivity index (χ2n) is 11.4. The molecule has 4 N–H and O–H groups in total. The van der Waals surface area contributed by atoms with Gasteiger partial charge in [0.1, 0.15) is 10.6 Å². The number of nitrogens with one attached hydrogen (secondary N) is 3. The van der Waals surface area contributed by atoms with Gasteiger partial charge in [-0.2, -0.15) is 15.1 Å². The molecule has 1 aliphatic rings. The number of aromatic nitrogens is 2. The maximum Gasteiger partial charge on any atom is 0.354 e. The van der Waals surface area contributed by atoms with Gasteiger partial charge in [0.25, 0.3) is 10.0 Å².